The maximum Gasteiger partial charge on any atom is 0.0366 e. The Kier molecular flexibility index (Phi) is 3.79. The molecule has 1 saturated carbocycles. The lowest BCUT2D eigenvalue weighted by atomic mass is 9.78. The summed E-state index contributed by atoms with van der Waals surface area (Å²) in [5.74, 6) is 0. The highest BCUT2D eigenvalue weighted by molar-refractivity contribution is 5.47. The van der Waals surface area contributed by atoms with Gasteiger partial charge in [-0.1, -0.05) is 12.1 Å². The molecule has 1 aliphatic heterocycles. The summed E-state index contributed by atoms with van der Waals surface area (Å²) in [5.41, 5.74) is 3.22. The molecule has 0 atom stereocenters. The molecule has 2 fully saturated rings. The van der Waals surface area contributed by atoms with Crippen molar-refractivity contribution < 1.29 is 0 Å². The van der Waals surface area contributed by atoms with Gasteiger partial charge in [0.15, 0.2) is 0 Å². The number of piperidine rings is 1. The second-order valence-electron chi connectivity index (χ2n) is 6.48. The van der Waals surface area contributed by atoms with Crippen molar-refractivity contribution in [3.63, 3.8) is 0 Å². The monoisotopic (exact) mass is 258 g/mol. The lowest BCUT2D eigenvalue weighted by Crippen LogP contribution is -2.47. The number of nitrogens with one attached hydrogen (secondary N) is 1. The lowest BCUT2D eigenvalue weighted by Gasteiger charge is -2.39. The average Bonchev–Trinajstić information content (AvgIpc) is 2.45. The molecule has 1 heterocycles. The van der Waals surface area contributed by atoms with Gasteiger partial charge in [-0.15, -0.1) is 0 Å². The largest absolute Gasteiger partial charge is 0.372 e. The summed E-state index contributed by atoms with van der Waals surface area (Å²) in [5, 5.41) is 3.70. The van der Waals surface area contributed by atoms with Crippen LogP contribution in [-0.2, 0) is 6.54 Å². The fraction of sp³-hybridized carbons (Fsp3) is 0.647. The van der Waals surface area contributed by atoms with E-state index in [1.165, 1.54) is 62.9 Å². The zero-order valence-corrected chi connectivity index (χ0v) is 12.1. The van der Waals surface area contributed by atoms with Crippen molar-refractivity contribution in [3.05, 3.63) is 29.8 Å². The Balaban J connectivity index is 1.55. The summed E-state index contributed by atoms with van der Waals surface area (Å²) in [7, 11) is 0. The van der Waals surface area contributed by atoms with E-state index in [4.69, 9.17) is 0 Å². The van der Waals surface area contributed by atoms with E-state index < -0.39 is 0 Å². The number of nitrogens with zero attached hydrogens (tertiary/aromatic N) is 1. The van der Waals surface area contributed by atoms with Gasteiger partial charge in [0.1, 0.15) is 0 Å². The molecule has 104 valence electrons. The first-order valence-electron chi connectivity index (χ1n) is 7.84. The van der Waals surface area contributed by atoms with Gasteiger partial charge in [-0.2, -0.15) is 0 Å². The standard InChI is InChI=1S/C17H26N2/c1-17(10-5-11-17)18-14-15-6-8-16(9-7-15)19-12-3-2-4-13-19/h6-9,18H,2-5,10-14H2,1H3. The molecule has 1 aromatic carbocycles. The topological polar surface area (TPSA) is 15.3 Å². The summed E-state index contributed by atoms with van der Waals surface area (Å²) < 4.78 is 0. The van der Waals surface area contributed by atoms with E-state index in [1.807, 2.05) is 0 Å². The fourth-order valence-corrected chi connectivity index (χ4v) is 3.18. The minimum atomic E-state index is 0.408. The van der Waals surface area contributed by atoms with Gasteiger partial charge in [0.05, 0.1) is 0 Å². The SMILES string of the molecule is CC1(NCc2ccc(N3CCCCC3)cc2)CCC1. The third-order valence-corrected chi connectivity index (χ3v) is 4.83. The van der Waals surface area contributed by atoms with Crippen LogP contribution >= 0.6 is 0 Å². The lowest BCUT2D eigenvalue weighted by molar-refractivity contribution is 0.207. The molecule has 2 aliphatic rings. The number of anilines is 1. The van der Waals surface area contributed by atoms with Crippen LogP contribution in [0.5, 0.6) is 0 Å². The summed E-state index contributed by atoms with van der Waals surface area (Å²) in [6, 6.07) is 9.18. The highest BCUT2D eigenvalue weighted by Crippen LogP contribution is 2.31. The third-order valence-electron chi connectivity index (χ3n) is 4.83. The van der Waals surface area contributed by atoms with E-state index in [0.29, 0.717) is 5.54 Å². The van der Waals surface area contributed by atoms with Crippen molar-refractivity contribution in [1.82, 2.24) is 5.32 Å². The molecular weight excluding hydrogens is 232 g/mol. The Morgan fingerprint density at radius 2 is 1.68 bits per heavy atom. The maximum atomic E-state index is 3.70. The molecule has 1 saturated heterocycles. The van der Waals surface area contributed by atoms with Gasteiger partial charge >= 0.3 is 0 Å². The molecule has 0 bridgehead atoms. The third kappa shape index (κ3) is 3.11. The quantitative estimate of drug-likeness (QED) is 0.885. The number of hydrogen-bond acceptors (Lipinski definition) is 2. The van der Waals surface area contributed by atoms with Crippen molar-refractivity contribution in [2.75, 3.05) is 18.0 Å². The van der Waals surface area contributed by atoms with E-state index in [1.54, 1.807) is 0 Å². The summed E-state index contributed by atoms with van der Waals surface area (Å²) in [4.78, 5) is 2.52. The van der Waals surface area contributed by atoms with Crippen LogP contribution in [0.3, 0.4) is 0 Å². The molecule has 19 heavy (non-hydrogen) atoms. The van der Waals surface area contributed by atoms with Gasteiger partial charge in [0.25, 0.3) is 0 Å². The number of rotatable bonds is 4. The van der Waals surface area contributed by atoms with Crippen molar-refractivity contribution in [3.8, 4) is 0 Å². The molecule has 1 N–H and O–H groups in total. The van der Waals surface area contributed by atoms with Crippen LogP contribution < -0.4 is 10.2 Å². The van der Waals surface area contributed by atoms with Crippen LogP contribution in [0.15, 0.2) is 24.3 Å². The van der Waals surface area contributed by atoms with Crippen LogP contribution in [-0.4, -0.2) is 18.6 Å². The summed E-state index contributed by atoms with van der Waals surface area (Å²) >= 11 is 0. The first-order valence-corrected chi connectivity index (χ1v) is 7.84. The predicted octanol–water partition coefficient (Wildman–Crippen LogP) is 3.71. The van der Waals surface area contributed by atoms with Crippen LogP contribution in [0.4, 0.5) is 5.69 Å². The van der Waals surface area contributed by atoms with Gasteiger partial charge < -0.3 is 10.2 Å². The zero-order chi connectivity index (χ0) is 13.1. The Labute approximate surface area is 117 Å². The minimum absolute atomic E-state index is 0.408. The Hall–Kier alpha value is -1.02. The average molecular weight is 258 g/mol. The van der Waals surface area contributed by atoms with E-state index in [2.05, 4.69) is 41.4 Å². The molecule has 2 heteroatoms. The highest BCUT2D eigenvalue weighted by atomic mass is 15.1. The van der Waals surface area contributed by atoms with E-state index in [-0.39, 0.29) is 0 Å². The Bertz CT molecular complexity index is 400. The van der Waals surface area contributed by atoms with Gasteiger partial charge in [-0.05, 0) is 63.1 Å². The van der Waals surface area contributed by atoms with Crippen LogP contribution in [0, 0.1) is 0 Å². The van der Waals surface area contributed by atoms with Gasteiger partial charge in [0, 0.05) is 30.9 Å². The van der Waals surface area contributed by atoms with Crippen LogP contribution in [0.25, 0.3) is 0 Å². The van der Waals surface area contributed by atoms with Gasteiger partial charge in [-0.25, -0.2) is 0 Å². The molecule has 0 radical (unpaired) electrons. The Morgan fingerprint density at radius 3 is 2.26 bits per heavy atom. The number of benzene rings is 1. The van der Waals surface area contributed by atoms with E-state index in [9.17, 15) is 0 Å². The van der Waals surface area contributed by atoms with E-state index >= 15 is 0 Å². The summed E-state index contributed by atoms with van der Waals surface area (Å²) in [6.45, 7) is 5.82. The molecule has 0 spiro atoms. The second-order valence-corrected chi connectivity index (χ2v) is 6.48. The first kappa shape index (κ1) is 13.0. The zero-order valence-electron chi connectivity index (χ0n) is 12.1. The normalized spacial score (nSPS) is 22.1. The molecule has 0 unspecified atom stereocenters. The van der Waals surface area contributed by atoms with Gasteiger partial charge in [0.2, 0.25) is 0 Å². The maximum absolute atomic E-state index is 3.70. The van der Waals surface area contributed by atoms with Crippen LogP contribution in [0.2, 0.25) is 0 Å². The van der Waals surface area contributed by atoms with Gasteiger partial charge in [-0.3, -0.25) is 0 Å². The Morgan fingerprint density at radius 1 is 1.00 bits per heavy atom. The van der Waals surface area contributed by atoms with E-state index in [0.717, 1.165) is 6.54 Å². The summed E-state index contributed by atoms with van der Waals surface area (Å²) in [6.07, 6.45) is 8.15. The number of hydrogen-bond donors (Lipinski definition) is 1. The molecule has 0 aromatic heterocycles. The van der Waals surface area contributed by atoms with Crippen molar-refractivity contribution >= 4 is 5.69 Å². The minimum Gasteiger partial charge on any atom is -0.372 e. The fourth-order valence-electron chi connectivity index (χ4n) is 3.18. The second kappa shape index (κ2) is 5.54. The first-order chi connectivity index (χ1) is 9.25. The van der Waals surface area contributed by atoms with Crippen molar-refractivity contribution in [1.29, 1.82) is 0 Å². The predicted molar refractivity (Wildman–Crippen MR) is 81.6 cm³/mol. The molecule has 1 aromatic rings. The van der Waals surface area contributed by atoms with Crippen molar-refractivity contribution in [2.24, 2.45) is 0 Å². The van der Waals surface area contributed by atoms with Crippen LogP contribution in [0.1, 0.15) is 51.0 Å². The molecule has 1 aliphatic carbocycles. The molecule has 3 rings (SSSR count). The molecule has 2 nitrogen and oxygen atoms in total. The highest BCUT2D eigenvalue weighted by Gasteiger charge is 2.30. The molecule has 0 amide bonds. The molecular formula is C17H26N2. The van der Waals surface area contributed by atoms with Crippen molar-refractivity contribution in [2.45, 2.75) is 57.5 Å². The smallest absolute Gasteiger partial charge is 0.0366 e.